The number of carbonyl (C=O) groups excluding carboxylic acids is 1. The second-order valence-corrected chi connectivity index (χ2v) is 6.11. The summed E-state index contributed by atoms with van der Waals surface area (Å²) in [5.41, 5.74) is 1.24. The first-order valence-corrected chi connectivity index (χ1v) is 8.17. The van der Waals surface area contributed by atoms with Gasteiger partial charge in [0.25, 0.3) is 5.91 Å². The number of carbonyl (C=O) groups is 1. The van der Waals surface area contributed by atoms with Crippen molar-refractivity contribution < 1.29 is 19.2 Å². The molecule has 0 radical (unpaired) electrons. The number of nitrogens with one attached hydrogen (secondary N) is 2. The molecule has 2 N–H and O–H groups in total. The van der Waals surface area contributed by atoms with Crippen LogP contribution >= 0.6 is 0 Å². The minimum atomic E-state index is -0.0338. The smallest absolute Gasteiger partial charge is 0.277 e. The van der Waals surface area contributed by atoms with Gasteiger partial charge in [0.2, 0.25) is 0 Å². The van der Waals surface area contributed by atoms with Crippen molar-refractivity contribution in [1.29, 1.82) is 0 Å². The Hall–Kier alpha value is -1.75. The van der Waals surface area contributed by atoms with Crippen molar-refractivity contribution >= 4 is 5.91 Å². The normalized spacial score (nSPS) is 25.4. The van der Waals surface area contributed by atoms with E-state index in [9.17, 15) is 4.79 Å². The van der Waals surface area contributed by atoms with E-state index in [0.29, 0.717) is 19.3 Å². The zero-order chi connectivity index (χ0) is 15.5. The number of benzene rings is 1. The van der Waals surface area contributed by atoms with Gasteiger partial charge in [-0.25, -0.2) is 0 Å². The minimum absolute atomic E-state index is 0.0338. The number of ether oxygens (including phenoxy) is 2. The number of likely N-dealkylation sites (tertiary alicyclic amines) is 1. The number of hydrogen-bond acceptors (Lipinski definition) is 3. The largest absolute Gasteiger partial charge is 0.490 e. The highest BCUT2D eigenvalue weighted by molar-refractivity contribution is 5.79. The Morgan fingerprint density at radius 3 is 2.82 bits per heavy atom. The molecule has 3 rings (SSSR count). The van der Waals surface area contributed by atoms with Crippen molar-refractivity contribution in [1.82, 2.24) is 5.32 Å². The van der Waals surface area contributed by atoms with Crippen LogP contribution in [0, 0.1) is 0 Å². The molecular weight excluding hydrogens is 280 g/mol. The molecule has 2 aliphatic heterocycles. The molecule has 1 fully saturated rings. The van der Waals surface area contributed by atoms with Gasteiger partial charge in [-0.1, -0.05) is 0 Å². The molecule has 0 saturated carbocycles. The van der Waals surface area contributed by atoms with Gasteiger partial charge in [-0.3, -0.25) is 4.79 Å². The lowest BCUT2D eigenvalue weighted by Crippen LogP contribution is -3.15. The van der Waals surface area contributed by atoms with E-state index in [4.69, 9.17) is 9.47 Å². The van der Waals surface area contributed by atoms with Crippen molar-refractivity contribution in [2.75, 3.05) is 26.8 Å². The molecule has 120 valence electrons. The van der Waals surface area contributed by atoms with E-state index in [0.717, 1.165) is 37.3 Å². The third-order valence-corrected chi connectivity index (χ3v) is 4.78. The third-order valence-electron chi connectivity index (χ3n) is 4.78. The standard InChI is InChI=1S/C17H24N2O3/c1-12(17(20)18-2)19-8-3-5-14(19)13-6-7-15-16(11-13)22-10-4-9-21-15/h6-7,11-12,14H,3-5,8-10H2,1-2H3,(H,18,20)/p+1/t12-,14+/m0/s1. The summed E-state index contributed by atoms with van der Waals surface area (Å²) >= 11 is 0. The van der Waals surface area contributed by atoms with Gasteiger partial charge in [0.05, 0.1) is 19.8 Å². The summed E-state index contributed by atoms with van der Waals surface area (Å²) in [6.07, 6.45) is 3.17. The number of hydrogen-bond donors (Lipinski definition) is 2. The van der Waals surface area contributed by atoms with Crippen molar-refractivity contribution in [3.05, 3.63) is 23.8 Å². The molecule has 1 aromatic rings. The van der Waals surface area contributed by atoms with E-state index >= 15 is 0 Å². The first-order chi connectivity index (χ1) is 10.7. The number of amides is 1. The summed E-state index contributed by atoms with van der Waals surface area (Å²) in [6.45, 7) is 4.45. The van der Waals surface area contributed by atoms with Crippen LogP contribution in [0.15, 0.2) is 18.2 Å². The minimum Gasteiger partial charge on any atom is -0.490 e. The van der Waals surface area contributed by atoms with Crippen LogP contribution in [0.25, 0.3) is 0 Å². The second-order valence-electron chi connectivity index (χ2n) is 6.11. The Bertz CT molecular complexity index is 547. The van der Waals surface area contributed by atoms with Crippen LogP contribution < -0.4 is 19.7 Å². The molecule has 5 heteroatoms. The molecular formula is C17H25N2O3+. The van der Waals surface area contributed by atoms with Crippen molar-refractivity contribution in [3.63, 3.8) is 0 Å². The Labute approximate surface area is 131 Å². The molecule has 1 unspecified atom stereocenters. The summed E-state index contributed by atoms with van der Waals surface area (Å²) in [4.78, 5) is 13.3. The van der Waals surface area contributed by atoms with E-state index in [1.807, 2.05) is 13.0 Å². The lowest BCUT2D eigenvalue weighted by atomic mass is 10.0. The summed E-state index contributed by atoms with van der Waals surface area (Å²) in [6, 6.07) is 6.56. The topological polar surface area (TPSA) is 52.0 Å². The van der Waals surface area contributed by atoms with Crippen LogP contribution in [0.4, 0.5) is 0 Å². The van der Waals surface area contributed by atoms with Crippen molar-refractivity contribution in [3.8, 4) is 11.5 Å². The number of fused-ring (bicyclic) bond motifs is 1. The van der Waals surface area contributed by atoms with E-state index in [1.54, 1.807) is 7.05 Å². The zero-order valence-corrected chi connectivity index (χ0v) is 13.4. The molecule has 2 heterocycles. The number of quaternary nitrogens is 1. The van der Waals surface area contributed by atoms with Crippen molar-refractivity contribution in [2.45, 2.75) is 38.3 Å². The zero-order valence-electron chi connectivity index (χ0n) is 13.4. The maximum Gasteiger partial charge on any atom is 0.277 e. The predicted octanol–water partition coefficient (Wildman–Crippen LogP) is 0.702. The van der Waals surface area contributed by atoms with Crippen LogP contribution in [0.5, 0.6) is 11.5 Å². The van der Waals surface area contributed by atoms with Gasteiger partial charge in [0.15, 0.2) is 17.5 Å². The van der Waals surface area contributed by atoms with Crippen LogP contribution in [0.3, 0.4) is 0 Å². The molecule has 1 saturated heterocycles. The third kappa shape index (κ3) is 2.90. The fourth-order valence-corrected chi connectivity index (χ4v) is 3.55. The molecule has 1 amide bonds. The summed E-state index contributed by atoms with van der Waals surface area (Å²) in [7, 11) is 1.71. The fourth-order valence-electron chi connectivity index (χ4n) is 3.55. The van der Waals surface area contributed by atoms with Crippen LogP contribution in [0.2, 0.25) is 0 Å². The Balaban J connectivity index is 1.83. The lowest BCUT2D eigenvalue weighted by molar-refractivity contribution is -0.932. The molecule has 22 heavy (non-hydrogen) atoms. The predicted molar refractivity (Wildman–Crippen MR) is 83.4 cm³/mol. The van der Waals surface area contributed by atoms with Gasteiger partial charge in [0, 0.05) is 31.9 Å². The van der Waals surface area contributed by atoms with Gasteiger partial charge in [0.1, 0.15) is 6.04 Å². The highest BCUT2D eigenvalue weighted by Gasteiger charge is 2.37. The molecule has 2 aliphatic rings. The molecule has 5 nitrogen and oxygen atoms in total. The van der Waals surface area contributed by atoms with Gasteiger partial charge in [-0.2, -0.15) is 0 Å². The number of rotatable bonds is 3. The molecule has 0 aliphatic carbocycles. The summed E-state index contributed by atoms with van der Waals surface area (Å²) in [5, 5.41) is 2.77. The Morgan fingerprint density at radius 1 is 1.27 bits per heavy atom. The molecule has 0 aromatic heterocycles. The summed E-state index contributed by atoms with van der Waals surface area (Å²) < 4.78 is 11.5. The van der Waals surface area contributed by atoms with Crippen molar-refractivity contribution in [2.24, 2.45) is 0 Å². The highest BCUT2D eigenvalue weighted by Crippen LogP contribution is 2.33. The summed E-state index contributed by atoms with van der Waals surface area (Å²) in [5.74, 6) is 1.78. The quantitative estimate of drug-likeness (QED) is 0.864. The molecule has 0 bridgehead atoms. The van der Waals surface area contributed by atoms with Gasteiger partial charge in [-0.15, -0.1) is 0 Å². The van der Waals surface area contributed by atoms with Gasteiger partial charge >= 0.3 is 0 Å². The SMILES string of the molecule is CNC(=O)[C@H](C)[NH+]1CCC[C@@H]1c1ccc2c(c1)OCCCO2. The van der Waals surface area contributed by atoms with E-state index < -0.39 is 0 Å². The van der Waals surface area contributed by atoms with Gasteiger partial charge in [-0.05, 0) is 25.1 Å². The Kier molecular flexibility index (Phi) is 4.52. The van der Waals surface area contributed by atoms with Gasteiger partial charge < -0.3 is 19.7 Å². The van der Waals surface area contributed by atoms with Crippen LogP contribution in [-0.4, -0.2) is 38.8 Å². The Morgan fingerprint density at radius 2 is 2.05 bits per heavy atom. The van der Waals surface area contributed by atoms with Crippen LogP contribution in [0.1, 0.15) is 37.8 Å². The average molecular weight is 305 g/mol. The fraction of sp³-hybridized carbons (Fsp3) is 0.588. The highest BCUT2D eigenvalue weighted by atomic mass is 16.5. The van der Waals surface area contributed by atoms with E-state index in [1.165, 1.54) is 10.5 Å². The molecule has 0 spiro atoms. The van der Waals surface area contributed by atoms with E-state index in [-0.39, 0.29) is 11.9 Å². The average Bonchev–Trinajstić information content (AvgIpc) is 2.91. The van der Waals surface area contributed by atoms with Crippen LogP contribution in [-0.2, 0) is 4.79 Å². The number of likely N-dealkylation sites (N-methyl/N-ethyl adjacent to an activating group) is 1. The lowest BCUT2D eigenvalue weighted by Gasteiger charge is -2.27. The first kappa shape index (κ1) is 15.2. The maximum absolute atomic E-state index is 12.0. The first-order valence-electron chi connectivity index (χ1n) is 8.17. The molecule has 3 atom stereocenters. The molecule has 1 aromatic carbocycles. The maximum atomic E-state index is 12.0. The monoisotopic (exact) mass is 305 g/mol. The van der Waals surface area contributed by atoms with E-state index in [2.05, 4.69) is 17.4 Å². The second kappa shape index (κ2) is 6.57.